The van der Waals surface area contributed by atoms with Crippen molar-refractivity contribution in [1.82, 2.24) is 0 Å². The predicted octanol–water partition coefficient (Wildman–Crippen LogP) is 5.30. The summed E-state index contributed by atoms with van der Waals surface area (Å²) in [6, 6.07) is 25.7. The zero-order valence-electron chi connectivity index (χ0n) is 15.2. The number of rotatable bonds is 8. The van der Waals surface area contributed by atoms with Gasteiger partial charge in [0.05, 0.1) is 0 Å². The highest BCUT2D eigenvalue weighted by atomic mass is 16.1. The minimum absolute atomic E-state index is 0.0559. The molecule has 4 heteroatoms. The average Bonchev–Trinajstić information content (AvgIpc) is 2.76. The molecule has 0 spiro atoms. The largest absolute Gasteiger partial charge is 0.362 e. The number of allylic oxidation sites excluding steroid dienone is 2. The molecule has 2 N–H and O–H groups in total. The van der Waals surface area contributed by atoms with Gasteiger partial charge in [0.1, 0.15) is 0 Å². The average molecular weight is 368 g/mol. The van der Waals surface area contributed by atoms with E-state index in [0.717, 1.165) is 11.4 Å². The number of ketones is 2. The maximum Gasteiger partial charge on any atom is 0.187 e. The van der Waals surface area contributed by atoms with Gasteiger partial charge >= 0.3 is 0 Å². The van der Waals surface area contributed by atoms with Crippen LogP contribution < -0.4 is 10.6 Å². The molecule has 4 nitrogen and oxygen atoms in total. The van der Waals surface area contributed by atoms with E-state index < -0.39 is 0 Å². The second kappa shape index (κ2) is 9.69. The molecule has 0 aliphatic rings. The summed E-state index contributed by atoms with van der Waals surface area (Å²) < 4.78 is 0. The van der Waals surface area contributed by atoms with E-state index in [2.05, 4.69) is 10.6 Å². The topological polar surface area (TPSA) is 58.2 Å². The summed E-state index contributed by atoms with van der Waals surface area (Å²) >= 11 is 0. The van der Waals surface area contributed by atoms with Crippen LogP contribution in [0.2, 0.25) is 0 Å². The number of hydrogen-bond acceptors (Lipinski definition) is 4. The van der Waals surface area contributed by atoms with Gasteiger partial charge in [-0.25, -0.2) is 0 Å². The lowest BCUT2D eigenvalue weighted by atomic mass is 10.1. The predicted molar refractivity (Wildman–Crippen MR) is 114 cm³/mol. The van der Waals surface area contributed by atoms with E-state index in [9.17, 15) is 9.59 Å². The quantitative estimate of drug-likeness (QED) is 0.418. The Morgan fingerprint density at radius 3 is 1.25 bits per heavy atom. The van der Waals surface area contributed by atoms with Gasteiger partial charge in [-0.3, -0.25) is 9.59 Å². The molecule has 0 saturated carbocycles. The van der Waals surface area contributed by atoms with Crippen LogP contribution in [0.3, 0.4) is 0 Å². The van der Waals surface area contributed by atoms with E-state index in [-0.39, 0.29) is 11.6 Å². The van der Waals surface area contributed by atoms with Gasteiger partial charge in [-0.2, -0.15) is 0 Å². The van der Waals surface area contributed by atoms with E-state index in [1.54, 1.807) is 36.7 Å². The summed E-state index contributed by atoms with van der Waals surface area (Å²) in [5.41, 5.74) is 3.01. The highest BCUT2D eigenvalue weighted by Crippen LogP contribution is 2.14. The third-order valence-corrected chi connectivity index (χ3v) is 3.97. The molecular formula is C24H20N2O2. The number of anilines is 2. The molecule has 0 radical (unpaired) electrons. The van der Waals surface area contributed by atoms with Crippen LogP contribution in [-0.2, 0) is 0 Å². The molecule has 0 aromatic heterocycles. The van der Waals surface area contributed by atoms with Crippen molar-refractivity contribution in [2.75, 3.05) is 10.6 Å². The van der Waals surface area contributed by atoms with Crippen LogP contribution in [0.5, 0.6) is 0 Å². The first-order chi connectivity index (χ1) is 13.7. The summed E-state index contributed by atoms with van der Waals surface area (Å²) in [5.74, 6) is -0.112. The van der Waals surface area contributed by atoms with E-state index >= 15 is 0 Å². The highest BCUT2D eigenvalue weighted by Gasteiger charge is 2.00. The zero-order chi connectivity index (χ0) is 19.6. The Kier molecular flexibility index (Phi) is 6.53. The van der Waals surface area contributed by atoms with Crippen LogP contribution in [0.4, 0.5) is 11.4 Å². The lowest BCUT2D eigenvalue weighted by Crippen LogP contribution is -1.96. The van der Waals surface area contributed by atoms with Crippen molar-refractivity contribution in [3.8, 4) is 0 Å². The van der Waals surface area contributed by atoms with E-state index in [0.29, 0.717) is 11.1 Å². The molecule has 0 atom stereocenters. The second-order valence-corrected chi connectivity index (χ2v) is 5.99. The standard InChI is InChI=1S/C24H20N2O2/c27-23(19-7-3-1-4-8-19)15-17-25-21-11-13-22(14-12-21)26-18-16-24(28)20-9-5-2-6-10-20/h1-18,25-26H/b17-15+,18-16+. The molecule has 0 amide bonds. The van der Waals surface area contributed by atoms with Crippen LogP contribution >= 0.6 is 0 Å². The Morgan fingerprint density at radius 1 is 0.536 bits per heavy atom. The van der Waals surface area contributed by atoms with Gasteiger partial charge in [0.25, 0.3) is 0 Å². The van der Waals surface area contributed by atoms with Crippen molar-refractivity contribution in [2.24, 2.45) is 0 Å². The first-order valence-electron chi connectivity index (χ1n) is 8.87. The molecule has 0 bridgehead atoms. The van der Waals surface area contributed by atoms with Gasteiger partial charge in [0.15, 0.2) is 11.6 Å². The summed E-state index contributed by atoms with van der Waals surface area (Å²) in [5, 5.41) is 6.13. The van der Waals surface area contributed by atoms with Crippen molar-refractivity contribution in [2.45, 2.75) is 0 Å². The monoisotopic (exact) mass is 368 g/mol. The van der Waals surface area contributed by atoms with Crippen LogP contribution in [0.25, 0.3) is 0 Å². The van der Waals surface area contributed by atoms with Gasteiger partial charge in [0.2, 0.25) is 0 Å². The molecule has 28 heavy (non-hydrogen) atoms. The van der Waals surface area contributed by atoms with Crippen LogP contribution in [0.15, 0.2) is 109 Å². The lowest BCUT2D eigenvalue weighted by Gasteiger charge is -2.04. The minimum Gasteiger partial charge on any atom is -0.362 e. The van der Waals surface area contributed by atoms with Gasteiger partial charge in [-0.05, 0) is 24.3 Å². The third-order valence-electron chi connectivity index (χ3n) is 3.97. The molecule has 3 aromatic rings. The molecular weight excluding hydrogens is 348 g/mol. The molecule has 0 aliphatic carbocycles. The van der Waals surface area contributed by atoms with Gasteiger partial charge in [0, 0.05) is 47.1 Å². The summed E-state index contributed by atoms with van der Waals surface area (Å²) in [6.07, 6.45) is 6.24. The van der Waals surface area contributed by atoms with Crippen molar-refractivity contribution >= 4 is 22.9 Å². The molecule has 138 valence electrons. The SMILES string of the molecule is O=C(/C=C/Nc1ccc(N/C=C/C(=O)c2ccccc2)cc1)c1ccccc1. The van der Waals surface area contributed by atoms with Gasteiger partial charge in [-0.1, -0.05) is 60.7 Å². The summed E-state index contributed by atoms with van der Waals surface area (Å²) in [4.78, 5) is 24.0. The second-order valence-electron chi connectivity index (χ2n) is 5.99. The van der Waals surface area contributed by atoms with Crippen LogP contribution in [0, 0.1) is 0 Å². The molecule has 0 unspecified atom stereocenters. The number of benzene rings is 3. The van der Waals surface area contributed by atoms with Crippen molar-refractivity contribution in [3.05, 3.63) is 121 Å². The highest BCUT2D eigenvalue weighted by molar-refractivity contribution is 6.05. The smallest absolute Gasteiger partial charge is 0.187 e. The number of carbonyl (C=O) groups is 2. The number of carbonyl (C=O) groups excluding carboxylic acids is 2. The van der Waals surface area contributed by atoms with Crippen molar-refractivity contribution in [3.63, 3.8) is 0 Å². The number of hydrogen-bond donors (Lipinski definition) is 2. The van der Waals surface area contributed by atoms with Crippen molar-refractivity contribution in [1.29, 1.82) is 0 Å². The first-order valence-corrected chi connectivity index (χ1v) is 8.87. The summed E-state index contributed by atoms with van der Waals surface area (Å²) in [6.45, 7) is 0. The maximum atomic E-state index is 12.0. The van der Waals surface area contributed by atoms with Gasteiger partial charge in [-0.15, -0.1) is 0 Å². The van der Waals surface area contributed by atoms with Crippen LogP contribution in [-0.4, -0.2) is 11.6 Å². The van der Waals surface area contributed by atoms with Crippen molar-refractivity contribution < 1.29 is 9.59 Å². The van der Waals surface area contributed by atoms with Crippen LogP contribution in [0.1, 0.15) is 20.7 Å². The number of nitrogens with one attached hydrogen (secondary N) is 2. The lowest BCUT2D eigenvalue weighted by molar-refractivity contribution is 0.103. The fourth-order valence-corrected chi connectivity index (χ4v) is 2.49. The first kappa shape index (κ1) is 18.9. The molecule has 0 heterocycles. The fraction of sp³-hybridized carbons (Fsp3) is 0. The Hall–Kier alpha value is -3.92. The Labute approximate surface area is 164 Å². The molecule has 0 fully saturated rings. The van der Waals surface area contributed by atoms with E-state index in [1.165, 1.54) is 12.2 Å². The Bertz CT molecular complexity index is 894. The summed E-state index contributed by atoms with van der Waals surface area (Å²) in [7, 11) is 0. The normalized spacial score (nSPS) is 10.9. The Balaban J connectivity index is 1.49. The Morgan fingerprint density at radius 2 is 0.893 bits per heavy atom. The molecule has 0 aliphatic heterocycles. The molecule has 3 rings (SSSR count). The van der Waals surface area contributed by atoms with E-state index in [4.69, 9.17) is 0 Å². The zero-order valence-corrected chi connectivity index (χ0v) is 15.2. The van der Waals surface area contributed by atoms with E-state index in [1.807, 2.05) is 60.7 Å². The fourth-order valence-electron chi connectivity index (χ4n) is 2.49. The minimum atomic E-state index is -0.0559. The third kappa shape index (κ3) is 5.54. The molecule has 0 saturated heterocycles. The maximum absolute atomic E-state index is 12.0. The van der Waals surface area contributed by atoms with Gasteiger partial charge < -0.3 is 10.6 Å². The molecule has 3 aromatic carbocycles.